The minimum absolute atomic E-state index is 0.270. The summed E-state index contributed by atoms with van der Waals surface area (Å²) in [6.45, 7) is 5.22. The van der Waals surface area contributed by atoms with Gasteiger partial charge in [-0.25, -0.2) is 9.67 Å². The number of hydrazone groups is 1. The second kappa shape index (κ2) is 12.7. The van der Waals surface area contributed by atoms with Crippen LogP contribution in [0.1, 0.15) is 30.9 Å². The van der Waals surface area contributed by atoms with Gasteiger partial charge in [-0.2, -0.15) is 10.1 Å². The molecule has 1 N–H and O–H groups in total. The van der Waals surface area contributed by atoms with Crippen LogP contribution in [0.25, 0.3) is 17.1 Å². The van der Waals surface area contributed by atoms with Crippen molar-refractivity contribution in [1.82, 2.24) is 20.2 Å². The SMILES string of the molecule is CC(C)c1ccccc1N1CCSC1=NC(=S)N/N=C/c1ccc(-c2ncn(-c3ccc(OC(F)(F)F)cc3)n2)cc1. The smallest absolute Gasteiger partial charge is 0.406 e. The molecule has 2 heterocycles. The number of aliphatic imine (C=N–C) groups is 1. The summed E-state index contributed by atoms with van der Waals surface area (Å²) < 4.78 is 42.5. The molecular formula is C29H26F3N7OS2. The molecule has 4 aromatic rings. The van der Waals surface area contributed by atoms with E-state index in [0.29, 0.717) is 17.4 Å². The van der Waals surface area contributed by atoms with E-state index in [4.69, 9.17) is 12.2 Å². The lowest BCUT2D eigenvalue weighted by Crippen LogP contribution is -2.27. The molecule has 0 atom stereocenters. The zero-order valence-electron chi connectivity index (χ0n) is 22.6. The van der Waals surface area contributed by atoms with E-state index >= 15 is 0 Å². The van der Waals surface area contributed by atoms with Gasteiger partial charge < -0.3 is 9.64 Å². The Bertz CT molecular complexity index is 1600. The van der Waals surface area contributed by atoms with Gasteiger partial charge in [0.05, 0.1) is 11.9 Å². The van der Waals surface area contributed by atoms with Gasteiger partial charge in [0.1, 0.15) is 12.1 Å². The number of para-hydroxylation sites is 1. The summed E-state index contributed by atoms with van der Waals surface area (Å²) in [4.78, 5) is 11.1. The van der Waals surface area contributed by atoms with E-state index in [1.165, 1.54) is 40.8 Å². The number of rotatable bonds is 7. The number of benzene rings is 3. The lowest BCUT2D eigenvalue weighted by molar-refractivity contribution is -0.274. The van der Waals surface area contributed by atoms with Crippen LogP contribution in [0.4, 0.5) is 18.9 Å². The first kappa shape index (κ1) is 29.3. The number of halogens is 3. The van der Waals surface area contributed by atoms with Gasteiger partial charge >= 0.3 is 6.36 Å². The van der Waals surface area contributed by atoms with Gasteiger partial charge in [-0.3, -0.25) is 5.43 Å². The van der Waals surface area contributed by atoms with Crippen molar-refractivity contribution in [2.24, 2.45) is 10.1 Å². The Labute approximate surface area is 250 Å². The van der Waals surface area contributed by atoms with Gasteiger partial charge in [-0.05, 0) is 59.6 Å². The number of ether oxygens (including phenoxy) is 1. The minimum atomic E-state index is -4.74. The molecule has 0 spiro atoms. The summed E-state index contributed by atoms with van der Waals surface area (Å²) in [6, 6.07) is 21.1. The molecule has 1 saturated heterocycles. The molecule has 3 aromatic carbocycles. The van der Waals surface area contributed by atoms with E-state index in [2.05, 4.69) is 67.3 Å². The Morgan fingerprint density at radius 1 is 1.07 bits per heavy atom. The van der Waals surface area contributed by atoms with Crippen LogP contribution in [-0.4, -0.2) is 49.9 Å². The van der Waals surface area contributed by atoms with E-state index in [9.17, 15) is 13.2 Å². The predicted octanol–water partition coefficient (Wildman–Crippen LogP) is 6.77. The fraction of sp³-hybridized carbons (Fsp3) is 0.207. The quantitative estimate of drug-likeness (QED) is 0.141. The monoisotopic (exact) mass is 609 g/mol. The molecule has 1 fully saturated rings. The Morgan fingerprint density at radius 3 is 2.52 bits per heavy atom. The van der Waals surface area contributed by atoms with Crippen molar-refractivity contribution in [3.8, 4) is 22.8 Å². The van der Waals surface area contributed by atoms with E-state index in [0.717, 1.165) is 34.3 Å². The molecule has 216 valence electrons. The van der Waals surface area contributed by atoms with Crippen molar-refractivity contribution in [2.45, 2.75) is 26.1 Å². The molecule has 5 rings (SSSR count). The molecule has 42 heavy (non-hydrogen) atoms. The summed E-state index contributed by atoms with van der Waals surface area (Å²) >= 11 is 7.09. The summed E-state index contributed by atoms with van der Waals surface area (Å²) in [5.41, 5.74) is 7.37. The Kier molecular flexibility index (Phi) is 8.88. The fourth-order valence-corrected chi connectivity index (χ4v) is 5.41. The number of nitrogens with zero attached hydrogens (tertiary/aromatic N) is 6. The minimum Gasteiger partial charge on any atom is -0.406 e. The van der Waals surface area contributed by atoms with Crippen molar-refractivity contribution in [3.63, 3.8) is 0 Å². The molecule has 1 aliphatic rings. The number of anilines is 1. The van der Waals surface area contributed by atoms with Gasteiger partial charge in [0.15, 0.2) is 11.0 Å². The predicted molar refractivity (Wildman–Crippen MR) is 165 cm³/mol. The van der Waals surface area contributed by atoms with E-state index in [1.54, 1.807) is 18.0 Å². The normalized spacial score (nSPS) is 14.7. The first-order chi connectivity index (χ1) is 20.2. The molecule has 13 heteroatoms. The number of hydrogen-bond acceptors (Lipinski definition) is 6. The second-order valence-electron chi connectivity index (χ2n) is 9.46. The molecule has 0 amide bonds. The summed E-state index contributed by atoms with van der Waals surface area (Å²) in [5.74, 6) is 1.48. The highest BCUT2D eigenvalue weighted by molar-refractivity contribution is 8.14. The molecular weight excluding hydrogens is 583 g/mol. The summed E-state index contributed by atoms with van der Waals surface area (Å²) in [6.07, 6.45) is -1.62. The standard InChI is InChI=1S/C29H26F3N7OS2/c1-19(2)24-5-3-4-6-25(24)38-15-16-42-28(38)35-27(41)36-34-17-20-7-9-21(10-8-20)26-33-18-39(37-26)22-11-13-23(14-12-22)40-29(30,31)32/h3-14,17-19H,15-16H2,1-2H3,(H,36,41)/b34-17+,35-28?. The van der Waals surface area contributed by atoms with Gasteiger partial charge in [0.25, 0.3) is 0 Å². The molecule has 0 radical (unpaired) electrons. The van der Waals surface area contributed by atoms with E-state index in [1.807, 2.05) is 30.3 Å². The first-order valence-corrected chi connectivity index (χ1v) is 14.3. The topological polar surface area (TPSA) is 79.9 Å². The lowest BCUT2D eigenvalue weighted by Gasteiger charge is -2.23. The fourth-order valence-electron chi connectivity index (χ4n) is 4.25. The van der Waals surface area contributed by atoms with Crippen LogP contribution in [0, 0.1) is 0 Å². The van der Waals surface area contributed by atoms with Crippen LogP contribution < -0.4 is 15.1 Å². The highest BCUT2D eigenvalue weighted by atomic mass is 32.2. The number of nitrogens with one attached hydrogen (secondary N) is 1. The molecule has 0 unspecified atom stereocenters. The largest absolute Gasteiger partial charge is 0.573 e. The van der Waals surface area contributed by atoms with Crippen molar-refractivity contribution < 1.29 is 17.9 Å². The number of thioether (sulfide) groups is 1. The molecule has 8 nitrogen and oxygen atoms in total. The number of aromatic nitrogens is 3. The zero-order valence-corrected chi connectivity index (χ0v) is 24.2. The van der Waals surface area contributed by atoms with Crippen molar-refractivity contribution in [2.75, 3.05) is 17.2 Å². The van der Waals surface area contributed by atoms with Gasteiger partial charge in [-0.15, -0.1) is 18.3 Å². The number of alkyl halides is 3. The number of amidine groups is 1. The molecule has 0 aliphatic carbocycles. The first-order valence-electron chi connectivity index (χ1n) is 13.0. The summed E-state index contributed by atoms with van der Waals surface area (Å²) in [5, 5.41) is 9.77. The van der Waals surface area contributed by atoms with Crippen LogP contribution in [0.5, 0.6) is 5.75 Å². The van der Waals surface area contributed by atoms with Crippen LogP contribution in [0.3, 0.4) is 0 Å². The third kappa shape index (κ3) is 7.34. The maximum absolute atomic E-state index is 12.4. The maximum atomic E-state index is 12.4. The second-order valence-corrected chi connectivity index (χ2v) is 10.9. The molecule has 1 aromatic heterocycles. The van der Waals surface area contributed by atoms with Crippen molar-refractivity contribution in [1.29, 1.82) is 0 Å². The average Bonchev–Trinajstić information content (AvgIpc) is 3.63. The van der Waals surface area contributed by atoms with Crippen LogP contribution in [-0.2, 0) is 0 Å². The van der Waals surface area contributed by atoms with Crippen molar-refractivity contribution >= 4 is 46.2 Å². The number of hydrogen-bond donors (Lipinski definition) is 1. The van der Waals surface area contributed by atoms with Gasteiger partial charge in [0.2, 0.25) is 5.11 Å². The summed E-state index contributed by atoms with van der Waals surface area (Å²) in [7, 11) is 0. The zero-order chi connectivity index (χ0) is 29.7. The average molecular weight is 610 g/mol. The Morgan fingerprint density at radius 2 is 1.81 bits per heavy atom. The van der Waals surface area contributed by atoms with Crippen LogP contribution in [0.15, 0.2) is 89.2 Å². The van der Waals surface area contributed by atoms with E-state index in [-0.39, 0.29) is 10.9 Å². The molecule has 0 bridgehead atoms. The highest BCUT2D eigenvalue weighted by Crippen LogP contribution is 2.32. The lowest BCUT2D eigenvalue weighted by atomic mass is 10.0. The van der Waals surface area contributed by atoms with Crippen LogP contribution >= 0.6 is 24.0 Å². The van der Waals surface area contributed by atoms with Crippen LogP contribution in [0.2, 0.25) is 0 Å². The Hall–Kier alpha value is -4.23. The third-order valence-corrected chi connectivity index (χ3v) is 7.33. The van der Waals surface area contributed by atoms with Gasteiger partial charge in [0, 0.05) is 23.5 Å². The highest BCUT2D eigenvalue weighted by Gasteiger charge is 2.31. The van der Waals surface area contributed by atoms with E-state index < -0.39 is 6.36 Å². The maximum Gasteiger partial charge on any atom is 0.573 e. The molecule has 0 saturated carbocycles. The Balaban J connectivity index is 1.19. The third-order valence-electron chi connectivity index (χ3n) is 6.19. The van der Waals surface area contributed by atoms with Crippen molar-refractivity contribution in [3.05, 3.63) is 90.3 Å². The molecule has 1 aliphatic heterocycles. The van der Waals surface area contributed by atoms with Gasteiger partial charge in [-0.1, -0.05) is 68.1 Å². The number of thiocarbonyl (C=S) groups is 1.